The first-order valence-electron chi connectivity index (χ1n) is 5.78. The molecule has 0 aliphatic rings. The molecule has 1 aromatic heterocycles. The molecule has 0 unspecified atom stereocenters. The first kappa shape index (κ1) is 12.9. The van der Waals surface area contributed by atoms with Gasteiger partial charge in [-0.3, -0.25) is 4.79 Å². The average Bonchev–Trinajstić information content (AvgIpc) is 2.82. The number of methoxy groups -OCH3 is 1. The maximum atomic E-state index is 11.9. The molecule has 0 spiro atoms. The van der Waals surface area contributed by atoms with Gasteiger partial charge in [0.05, 0.1) is 19.6 Å². The van der Waals surface area contributed by atoms with Crippen LogP contribution in [0.1, 0.15) is 16.1 Å². The van der Waals surface area contributed by atoms with E-state index in [1.165, 1.54) is 6.20 Å². The first-order chi connectivity index (χ1) is 9.11. The van der Waals surface area contributed by atoms with Gasteiger partial charge in [0.15, 0.2) is 0 Å². The van der Waals surface area contributed by atoms with Crippen molar-refractivity contribution in [1.82, 2.24) is 14.9 Å². The minimum Gasteiger partial charge on any atom is -0.496 e. The molecule has 0 aliphatic heterocycles. The lowest BCUT2D eigenvalue weighted by Gasteiger charge is -2.10. The van der Waals surface area contributed by atoms with Crippen molar-refractivity contribution in [3.63, 3.8) is 0 Å². The lowest BCUT2D eigenvalue weighted by Crippen LogP contribution is -2.25. The standard InChI is InChI=1S/C13H16N4O2/c1-17-8-15-7-11(17)13(18)16-6-9-5-10(14)3-4-12(9)19-2/h3-5,7-8H,6,14H2,1-2H3,(H,16,18). The molecule has 2 rings (SSSR count). The summed E-state index contributed by atoms with van der Waals surface area (Å²) in [5.74, 6) is 0.504. The van der Waals surface area contributed by atoms with Crippen LogP contribution in [0.4, 0.5) is 5.69 Å². The van der Waals surface area contributed by atoms with Crippen molar-refractivity contribution < 1.29 is 9.53 Å². The van der Waals surface area contributed by atoms with Gasteiger partial charge in [0.1, 0.15) is 11.4 Å². The molecule has 6 heteroatoms. The summed E-state index contributed by atoms with van der Waals surface area (Å²) in [5.41, 5.74) is 7.69. The summed E-state index contributed by atoms with van der Waals surface area (Å²) in [6.45, 7) is 0.345. The molecule has 100 valence electrons. The predicted octanol–water partition coefficient (Wildman–Crippen LogP) is 0.941. The molecule has 0 bridgehead atoms. The van der Waals surface area contributed by atoms with Gasteiger partial charge < -0.3 is 20.4 Å². The van der Waals surface area contributed by atoms with Crippen LogP contribution in [0, 0.1) is 0 Å². The Morgan fingerprint density at radius 3 is 2.95 bits per heavy atom. The molecule has 0 saturated carbocycles. The van der Waals surface area contributed by atoms with Crippen LogP contribution in [0.15, 0.2) is 30.7 Å². The van der Waals surface area contributed by atoms with E-state index in [9.17, 15) is 4.79 Å². The second-order valence-electron chi connectivity index (χ2n) is 4.14. The van der Waals surface area contributed by atoms with Crippen LogP contribution in [0.3, 0.4) is 0 Å². The van der Waals surface area contributed by atoms with E-state index in [1.807, 2.05) is 0 Å². The lowest BCUT2D eigenvalue weighted by atomic mass is 10.1. The Hall–Kier alpha value is -2.50. The number of nitrogens with zero attached hydrogens (tertiary/aromatic N) is 2. The molecule has 2 aromatic rings. The van der Waals surface area contributed by atoms with Gasteiger partial charge in [-0.25, -0.2) is 4.98 Å². The average molecular weight is 260 g/mol. The minimum absolute atomic E-state index is 0.190. The highest BCUT2D eigenvalue weighted by Gasteiger charge is 2.10. The molecule has 3 N–H and O–H groups in total. The molecule has 19 heavy (non-hydrogen) atoms. The molecular weight excluding hydrogens is 244 g/mol. The summed E-state index contributed by atoms with van der Waals surface area (Å²) < 4.78 is 6.88. The number of benzene rings is 1. The minimum atomic E-state index is -0.190. The normalized spacial score (nSPS) is 10.2. The topological polar surface area (TPSA) is 82.2 Å². The summed E-state index contributed by atoms with van der Waals surface area (Å²) >= 11 is 0. The van der Waals surface area contributed by atoms with Crippen molar-refractivity contribution in [3.8, 4) is 5.75 Å². The van der Waals surface area contributed by atoms with E-state index < -0.39 is 0 Å². The van der Waals surface area contributed by atoms with E-state index in [2.05, 4.69) is 10.3 Å². The van der Waals surface area contributed by atoms with Crippen LogP contribution in [0.2, 0.25) is 0 Å². The molecular formula is C13H16N4O2. The highest BCUT2D eigenvalue weighted by Crippen LogP contribution is 2.20. The fraction of sp³-hybridized carbons (Fsp3) is 0.231. The molecule has 0 saturated heterocycles. The first-order valence-corrected chi connectivity index (χ1v) is 5.78. The van der Waals surface area contributed by atoms with Gasteiger partial charge in [0, 0.05) is 24.8 Å². The van der Waals surface area contributed by atoms with Crippen molar-refractivity contribution in [2.75, 3.05) is 12.8 Å². The number of hydrogen-bond donors (Lipinski definition) is 2. The zero-order chi connectivity index (χ0) is 13.8. The molecule has 1 aromatic carbocycles. The van der Waals surface area contributed by atoms with E-state index in [0.29, 0.717) is 23.7 Å². The number of rotatable bonds is 4. The predicted molar refractivity (Wildman–Crippen MR) is 71.8 cm³/mol. The highest BCUT2D eigenvalue weighted by atomic mass is 16.5. The number of anilines is 1. The van der Waals surface area contributed by atoms with Gasteiger partial charge in [-0.15, -0.1) is 0 Å². The molecule has 0 atom stereocenters. The fourth-order valence-corrected chi connectivity index (χ4v) is 1.78. The zero-order valence-electron chi connectivity index (χ0n) is 10.9. The van der Waals surface area contributed by atoms with Gasteiger partial charge in [-0.2, -0.15) is 0 Å². The van der Waals surface area contributed by atoms with Crippen molar-refractivity contribution in [2.45, 2.75) is 6.54 Å². The second-order valence-corrected chi connectivity index (χ2v) is 4.14. The number of carbonyl (C=O) groups is 1. The Bertz CT molecular complexity index is 592. The number of ether oxygens (including phenoxy) is 1. The van der Waals surface area contributed by atoms with Crippen molar-refractivity contribution in [3.05, 3.63) is 42.0 Å². The number of amides is 1. The lowest BCUT2D eigenvalue weighted by molar-refractivity contribution is 0.0942. The van der Waals surface area contributed by atoms with Crippen LogP contribution in [0.5, 0.6) is 5.75 Å². The van der Waals surface area contributed by atoms with E-state index in [1.54, 1.807) is 43.3 Å². The maximum absolute atomic E-state index is 11.9. The smallest absolute Gasteiger partial charge is 0.269 e. The van der Waals surface area contributed by atoms with Crippen LogP contribution in [-0.2, 0) is 13.6 Å². The van der Waals surface area contributed by atoms with Crippen molar-refractivity contribution >= 4 is 11.6 Å². The van der Waals surface area contributed by atoms with Crippen molar-refractivity contribution in [1.29, 1.82) is 0 Å². The highest BCUT2D eigenvalue weighted by molar-refractivity contribution is 5.92. The molecule has 0 aliphatic carbocycles. The number of nitrogen functional groups attached to an aromatic ring is 1. The van der Waals surface area contributed by atoms with E-state index in [0.717, 1.165) is 5.56 Å². The Balaban J connectivity index is 2.09. The van der Waals surface area contributed by atoms with Crippen LogP contribution >= 0.6 is 0 Å². The Morgan fingerprint density at radius 2 is 2.32 bits per heavy atom. The second kappa shape index (κ2) is 5.43. The number of hydrogen-bond acceptors (Lipinski definition) is 4. The van der Waals surface area contributed by atoms with Gasteiger partial charge in [-0.1, -0.05) is 0 Å². The summed E-state index contributed by atoms with van der Waals surface area (Å²) in [7, 11) is 3.35. The summed E-state index contributed by atoms with van der Waals surface area (Å²) in [6, 6.07) is 5.31. The van der Waals surface area contributed by atoms with Gasteiger partial charge >= 0.3 is 0 Å². The van der Waals surface area contributed by atoms with Crippen molar-refractivity contribution in [2.24, 2.45) is 7.05 Å². The summed E-state index contributed by atoms with van der Waals surface area (Å²) in [5, 5.41) is 2.81. The van der Waals surface area contributed by atoms with Crippen LogP contribution in [0.25, 0.3) is 0 Å². The third-order valence-electron chi connectivity index (χ3n) is 2.79. The molecule has 0 fully saturated rings. The summed E-state index contributed by atoms with van der Waals surface area (Å²) in [6.07, 6.45) is 3.10. The molecule has 6 nitrogen and oxygen atoms in total. The number of imidazole rings is 1. The van der Waals surface area contributed by atoms with Gasteiger partial charge in [-0.05, 0) is 18.2 Å². The van der Waals surface area contributed by atoms with Crippen LogP contribution < -0.4 is 15.8 Å². The molecule has 1 heterocycles. The number of nitrogens with two attached hydrogens (primary N) is 1. The third-order valence-corrected chi connectivity index (χ3v) is 2.79. The quantitative estimate of drug-likeness (QED) is 0.801. The number of carbonyl (C=O) groups excluding carboxylic acids is 1. The Labute approximate surface area is 111 Å². The zero-order valence-corrected chi connectivity index (χ0v) is 10.9. The molecule has 1 amide bonds. The fourth-order valence-electron chi connectivity index (χ4n) is 1.78. The van der Waals surface area contributed by atoms with E-state index in [4.69, 9.17) is 10.5 Å². The summed E-state index contributed by atoms with van der Waals surface area (Å²) in [4.78, 5) is 15.8. The third kappa shape index (κ3) is 2.85. The largest absolute Gasteiger partial charge is 0.496 e. The molecule has 0 radical (unpaired) electrons. The monoisotopic (exact) mass is 260 g/mol. The van der Waals surface area contributed by atoms with Gasteiger partial charge in [0.25, 0.3) is 5.91 Å². The number of aromatic nitrogens is 2. The van der Waals surface area contributed by atoms with E-state index in [-0.39, 0.29) is 5.91 Å². The van der Waals surface area contributed by atoms with Crippen LogP contribution in [-0.4, -0.2) is 22.6 Å². The van der Waals surface area contributed by atoms with Gasteiger partial charge in [0.2, 0.25) is 0 Å². The number of nitrogens with one attached hydrogen (secondary N) is 1. The van der Waals surface area contributed by atoms with E-state index >= 15 is 0 Å². The SMILES string of the molecule is COc1ccc(N)cc1CNC(=O)c1cncn1C. The Morgan fingerprint density at radius 1 is 1.53 bits per heavy atom. The number of aryl methyl sites for hydroxylation is 1. The maximum Gasteiger partial charge on any atom is 0.269 e. The Kier molecular flexibility index (Phi) is 3.70.